The number of hydrogen-bond acceptors (Lipinski definition) is 4. The predicted octanol–water partition coefficient (Wildman–Crippen LogP) is 6.15. The van der Waals surface area contributed by atoms with E-state index in [1.54, 1.807) is 18.3 Å². The van der Waals surface area contributed by atoms with Crippen LogP contribution in [0, 0.1) is 0 Å². The molecule has 0 spiro atoms. The average molecular weight is 444 g/mol. The van der Waals surface area contributed by atoms with Gasteiger partial charge in [-0.1, -0.05) is 83.5 Å². The molecule has 0 aromatic heterocycles. The summed E-state index contributed by atoms with van der Waals surface area (Å²) in [6.07, 6.45) is 1.62. The van der Waals surface area contributed by atoms with Gasteiger partial charge in [0.1, 0.15) is 12.4 Å². The van der Waals surface area contributed by atoms with Crippen LogP contribution in [0.2, 0.25) is 10.0 Å². The maximum Gasteiger partial charge on any atom is 0.180 e. The Labute approximate surface area is 184 Å². The minimum Gasteiger partial charge on any atom is -0.488 e. The van der Waals surface area contributed by atoms with Crippen LogP contribution in [0.1, 0.15) is 16.7 Å². The summed E-state index contributed by atoms with van der Waals surface area (Å²) in [5.74, 6) is 1.42. The number of amidine groups is 1. The molecule has 0 radical (unpaired) electrons. The highest BCUT2D eigenvalue weighted by Gasteiger charge is 2.05. The number of benzene rings is 3. The molecule has 0 aliphatic heterocycles. The largest absolute Gasteiger partial charge is 0.488 e. The summed E-state index contributed by atoms with van der Waals surface area (Å²) < 4.78 is 5.90. The zero-order valence-corrected chi connectivity index (χ0v) is 17.8. The molecule has 0 saturated carbocycles. The summed E-state index contributed by atoms with van der Waals surface area (Å²) in [4.78, 5) is 0. The maximum absolute atomic E-state index is 6.20. The van der Waals surface area contributed by atoms with Crippen molar-refractivity contribution < 1.29 is 4.74 Å². The molecule has 0 aliphatic rings. The van der Waals surface area contributed by atoms with Gasteiger partial charge in [0.15, 0.2) is 5.17 Å². The second-order valence-corrected chi connectivity index (χ2v) is 7.86. The molecule has 0 amide bonds. The number of nitrogens with two attached hydrogens (primary N) is 1. The van der Waals surface area contributed by atoms with E-state index in [0.717, 1.165) is 16.9 Å². The zero-order chi connectivity index (χ0) is 20.5. The van der Waals surface area contributed by atoms with Crippen molar-refractivity contribution in [3.05, 3.63) is 99.5 Å². The third-order valence-electron chi connectivity index (χ3n) is 3.90. The molecule has 2 N–H and O–H groups in total. The van der Waals surface area contributed by atoms with Crippen molar-refractivity contribution in [3.8, 4) is 5.75 Å². The molecule has 29 heavy (non-hydrogen) atoms. The molecule has 0 fully saturated rings. The van der Waals surface area contributed by atoms with E-state index in [4.69, 9.17) is 33.7 Å². The van der Waals surface area contributed by atoms with Crippen LogP contribution >= 0.6 is 35.0 Å². The number of hydrogen-bond donors (Lipinski definition) is 1. The standard InChI is InChI=1S/C22H19Cl2N3OS/c23-19-11-10-18(20(24)12-19)14-28-21-9-5-4-8-17(21)13-26-27-22(25)29-15-16-6-2-1-3-7-16/h1-13H,14-15H2,(H2,25,27). The van der Waals surface area contributed by atoms with Gasteiger partial charge < -0.3 is 10.5 Å². The van der Waals surface area contributed by atoms with Crippen molar-refractivity contribution >= 4 is 46.3 Å². The number of nitrogens with zero attached hydrogens (tertiary/aromatic N) is 2. The van der Waals surface area contributed by atoms with E-state index in [0.29, 0.717) is 27.6 Å². The van der Waals surface area contributed by atoms with E-state index in [-0.39, 0.29) is 0 Å². The molecule has 7 heteroatoms. The van der Waals surface area contributed by atoms with Crippen molar-refractivity contribution in [1.82, 2.24) is 0 Å². The smallest absolute Gasteiger partial charge is 0.180 e. The van der Waals surface area contributed by atoms with E-state index in [1.807, 2.05) is 60.7 Å². The van der Waals surface area contributed by atoms with Gasteiger partial charge in [0.2, 0.25) is 0 Å². The van der Waals surface area contributed by atoms with Gasteiger partial charge in [-0.15, -0.1) is 5.10 Å². The molecular formula is C22H19Cl2N3OS. The molecule has 0 saturated heterocycles. The highest BCUT2D eigenvalue weighted by Crippen LogP contribution is 2.24. The maximum atomic E-state index is 6.20. The van der Waals surface area contributed by atoms with Gasteiger partial charge in [-0.3, -0.25) is 0 Å². The van der Waals surface area contributed by atoms with Crippen LogP contribution in [0.4, 0.5) is 0 Å². The summed E-state index contributed by atoms with van der Waals surface area (Å²) in [7, 11) is 0. The van der Waals surface area contributed by atoms with Crippen LogP contribution in [-0.4, -0.2) is 11.4 Å². The normalized spacial score (nSPS) is 11.7. The molecule has 0 unspecified atom stereocenters. The molecule has 0 atom stereocenters. The fraction of sp³-hybridized carbons (Fsp3) is 0.0909. The van der Waals surface area contributed by atoms with Gasteiger partial charge in [-0.25, -0.2) is 0 Å². The zero-order valence-electron chi connectivity index (χ0n) is 15.5. The summed E-state index contributed by atoms with van der Waals surface area (Å²) in [6.45, 7) is 0.319. The number of thioether (sulfide) groups is 1. The highest BCUT2D eigenvalue weighted by molar-refractivity contribution is 8.13. The molecule has 148 valence electrons. The number of rotatable bonds is 7. The molecule has 3 aromatic carbocycles. The minimum atomic E-state index is 0.319. The molecule has 0 heterocycles. The Hall–Kier alpha value is -2.47. The quantitative estimate of drug-likeness (QED) is 0.270. The Morgan fingerprint density at radius 1 is 1.00 bits per heavy atom. The van der Waals surface area contributed by atoms with Crippen LogP contribution < -0.4 is 10.5 Å². The second-order valence-electron chi connectivity index (χ2n) is 6.02. The number of halogens is 2. The molecule has 0 aliphatic carbocycles. The molecule has 3 aromatic rings. The number of ether oxygens (including phenoxy) is 1. The first-order valence-corrected chi connectivity index (χ1v) is 10.5. The molecular weight excluding hydrogens is 425 g/mol. The van der Waals surface area contributed by atoms with E-state index in [9.17, 15) is 0 Å². The van der Waals surface area contributed by atoms with Gasteiger partial charge >= 0.3 is 0 Å². The Kier molecular flexibility index (Phi) is 7.99. The first-order valence-electron chi connectivity index (χ1n) is 8.81. The lowest BCUT2D eigenvalue weighted by Gasteiger charge is -2.10. The highest BCUT2D eigenvalue weighted by atomic mass is 35.5. The van der Waals surface area contributed by atoms with E-state index in [2.05, 4.69) is 10.2 Å². The van der Waals surface area contributed by atoms with Crippen LogP contribution in [0.3, 0.4) is 0 Å². The summed E-state index contributed by atoms with van der Waals surface area (Å²) in [5.41, 5.74) is 8.75. The minimum absolute atomic E-state index is 0.319. The monoisotopic (exact) mass is 443 g/mol. The summed E-state index contributed by atoms with van der Waals surface area (Å²) >= 11 is 13.6. The molecule has 3 rings (SSSR count). The van der Waals surface area contributed by atoms with Crippen LogP contribution in [0.15, 0.2) is 83.0 Å². The molecule has 4 nitrogen and oxygen atoms in total. The van der Waals surface area contributed by atoms with Crippen LogP contribution in [0.25, 0.3) is 0 Å². The number of para-hydroxylation sites is 1. The fourth-order valence-electron chi connectivity index (χ4n) is 2.42. The van der Waals surface area contributed by atoms with Crippen LogP contribution in [-0.2, 0) is 12.4 Å². The first kappa shape index (κ1) is 21.2. The lowest BCUT2D eigenvalue weighted by atomic mass is 10.2. The van der Waals surface area contributed by atoms with Crippen molar-refractivity contribution in [2.45, 2.75) is 12.4 Å². The van der Waals surface area contributed by atoms with Crippen molar-refractivity contribution in [2.75, 3.05) is 0 Å². The first-order chi connectivity index (χ1) is 14.1. The van der Waals surface area contributed by atoms with E-state index >= 15 is 0 Å². The van der Waals surface area contributed by atoms with Crippen molar-refractivity contribution in [1.29, 1.82) is 0 Å². The third-order valence-corrected chi connectivity index (χ3v) is 5.34. The SMILES string of the molecule is NC(=NN=Cc1ccccc1OCc1ccc(Cl)cc1Cl)SCc1ccccc1. The van der Waals surface area contributed by atoms with Gasteiger partial charge in [-0.2, -0.15) is 5.10 Å². The topological polar surface area (TPSA) is 60.0 Å². The van der Waals surface area contributed by atoms with Gasteiger partial charge in [0.25, 0.3) is 0 Å². The third kappa shape index (κ3) is 6.82. The predicted molar refractivity (Wildman–Crippen MR) is 124 cm³/mol. The second kappa shape index (κ2) is 10.9. The Morgan fingerprint density at radius 2 is 1.76 bits per heavy atom. The van der Waals surface area contributed by atoms with E-state index < -0.39 is 0 Å². The van der Waals surface area contributed by atoms with Gasteiger partial charge in [0.05, 0.1) is 6.21 Å². The van der Waals surface area contributed by atoms with Crippen LogP contribution in [0.5, 0.6) is 5.75 Å². The average Bonchev–Trinajstić information content (AvgIpc) is 2.73. The Balaban J connectivity index is 1.60. The molecule has 0 bridgehead atoms. The fourth-order valence-corrected chi connectivity index (χ4v) is 3.50. The lowest BCUT2D eigenvalue weighted by molar-refractivity contribution is 0.306. The van der Waals surface area contributed by atoms with Gasteiger partial charge in [-0.05, 0) is 29.8 Å². The van der Waals surface area contributed by atoms with E-state index in [1.165, 1.54) is 17.3 Å². The Bertz CT molecular complexity index is 1010. The van der Waals surface area contributed by atoms with Crippen molar-refractivity contribution in [3.63, 3.8) is 0 Å². The van der Waals surface area contributed by atoms with Crippen molar-refractivity contribution in [2.24, 2.45) is 15.9 Å². The lowest BCUT2D eigenvalue weighted by Crippen LogP contribution is -2.06. The van der Waals surface area contributed by atoms with Gasteiger partial charge in [0, 0.05) is 26.9 Å². The summed E-state index contributed by atoms with van der Waals surface area (Å²) in [5, 5.41) is 9.70. The summed E-state index contributed by atoms with van der Waals surface area (Å²) in [6, 6.07) is 22.9. The Morgan fingerprint density at radius 3 is 2.55 bits per heavy atom.